The second-order valence-electron chi connectivity index (χ2n) is 11.1. The van der Waals surface area contributed by atoms with E-state index in [1.807, 2.05) is 24.3 Å². The molecule has 3 aromatic rings. The van der Waals surface area contributed by atoms with Crippen LogP contribution in [0.1, 0.15) is 50.1 Å². The van der Waals surface area contributed by atoms with Crippen LogP contribution in [-0.2, 0) is 14.6 Å². The maximum atomic E-state index is 14.8. The van der Waals surface area contributed by atoms with Crippen molar-refractivity contribution in [2.45, 2.75) is 50.0 Å². The van der Waals surface area contributed by atoms with Crippen LogP contribution >= 0.6 is 11.3 Å². The summed E-state index contributed by atoms with van der Waals surface area (Å²) in [5, 5.41) is 13.1. The molecule has 2 unspecified atom stereocenters. The normalized spacial score (nSPS) is 23.2. The van der Waals surface area contributed by atoms with Gasteiger partial charge in [0.1, 0.15) is 16.4 Å². The minimum atomic E-state index is -2.97. The van der Waals surface area contributed by atoms with Gasteiger partial charge in [-0.1, -0.05) is 37.1 Å². The standard InChI is InChI=1S/C30H31FN4O3S2/c31-25-8-4-3-7-24(25)29-33-26(22-5-1-2-6-23(22)28(36)34-30(19-32)13-14-30)27(39-29)20-9-11-21(12-10-20)35-15-17-40(37,38)18-16-35/h3-4,7-12,22-23H,1-2,5-6,13-18H2,(H,34,36). The molecule has 1 saturated heterocycles. The van der Waals surface area contributed by atoms with E-state index in [1.54, 1.807) is 18.2 Å². The van der Waals surface area contributed by atoms with Crippen LogP contribution in [0.15, 0.2) is 48.5 Å². The number of thiazole rings is 1. The van der Waals surface area contributed by atoms with E-state index in [-0.39, 0.29) is 35.1 Å². The Morgan fingerprint density at radius 2 is 1.77 bits per heavy atom. The minimum absolute atomic E-state index is 0.0921. The van der Waals surface area contributed by atoms with E-state index < -0.39 is 15.4 Å². The van der Waals surface area contributed by atoms with Gasteiger partial charge >= 0.3 is 0 Å². The minimum Gasteiger partial charge on any atom is -0.369 e. The number of carbonyl (C=O) groups is 1. The topological polar surface area (TPSA) is 103 Å². The van der Waals surface area contributed by atoms with E-state index in [2.05, 4.69) is 16.3 Å². The number of sulfone groups is 1. The van der Waals surface area contributed by atoms with E-state index in [9.17, 15) is 22.9 Å². The summed E-state index contributed by atoms with van der Waals surface area (Å²) in [5.74, 6) is -0.570. The highest BCUT2D eigenvalue weighted by Crippen LogP contribution is 2.47. The number of nitrogens with one attached hydrogen (secondary N) is 1. The van der Waals surface area contributed by atoms with Crippen LogP contribution in [-0.4, -0.2) is 49.4 Å². The highest BCUT2D eigenvalue weighted by molar-refractivity contribution is 7.91. The molecule has 2 saturated carbocycles. The van der Waals surface area contributed by atoms with Gasteiger partial charge < -0.3 is 10.2 Å². The van der Waals surface area contributed by atoms with Crippen molar-refractivity contribution in [2.75, 3.05) is 29.5 Å². The Kier molecular flexibility index (Phi) is 7.13. The van der Waals surface area contributed by atoms with Gasteiger partial charge in [-0.15, -0.1) is 11.3 Å². The zero-order valence-corrected chi connectivity index (χ0v) is 23.7. The number of halogens is 1. The number of rotatable bonds is 6. The maximum absolute atomic E-state index is 14.8. The molecule has 3 aliphatic rings. The molecule has 1 aliphatic heterocycles. The second kappa shape index (κ2) is 10.6. The number of anilines is 1. The van der Waals surface area contributed by atoms with Crippen molar-refractivity contribution in [3.05, 3.63) is 60.0 Å². The van der Waals surface area contributed by atoms with E-state index in [1.165, 1.54) is 17.4 Å². The van der Waals surface area contributed by atoms with Crippen LogP contribution < -0.4 is 10.2 Å². The van der Waals surface area contributed by atoms with Crippen molar-refractivity contribution < 1.29 is 17.6 Å². The Bertz CT molecular complexity index is 1560. The average Bonchev–Trinajstić information content (AvgIpc) is 3.60. The molecule has 208 valence electrons. The summed E-state index contributed by atoms with van der Waals surface area (Å²) >= 11 is 1.43. The largest absolute Gasteiger partial charge is 0.369 e. The molecule has 6 rings (SSSR count). The first kappa shape index (κ1) is 26.9. The van der Waals surface area contributed by atoms with Gasteiger partial charge in [-0.2, -0.15) is 5.26 Å². The molecule has 7 nitrogen and oxygen atoms in total. The van der Waals surface area contributed by atoms with Gasteiger partial charge in [0.25, 0.3) is 0 Å². The van der Waals surface area contributed by atoms with E-state index in [0.29, 0.717) is 36.5 Å². The SMILES string of the molecule is N#CC1(NC(=O)C2CCCCC2c2nc(-c3ccccc3F)sc2-c2ccc(N3CCS(=O)(=O)CC3)cc2)CC1. The van der Waals surface area contributed by atoms with Gasteiger partial charge in [-0.3, -0.25) is 4.79 Å². The number of hydrogen-bond acceptors (Lipinski definition) is 7. The third-order valence-electron chi connectivity index (χ3n) is 8.38. The van der Waals surface area contributed by atoms with E-state index >= 15 is 0 Å². The summed E-state index contributed by atoms with van der Waals surface area (Å²) in [6.45, 7) is 0.932. The Hall–Kier alpha value is -3.29. The van der Waals surface area contributed by atoms with Crippen LogP contribution in [0.5, 0.6) is 0 Å². The summed E-state index contributed by atoms with van der Waals surface area (Å²) in [7, 11) is -2.97. The molecule has 1 aromatic heterocycles. The summed E-state index contributed by atoms with van der Waals surface area (Å²) in [4.78, 5) is 21.4. The summed E-state index contributed by atoms with van der Waals surface area (Å²) in [6, 6.07) is 16.9. The van der Waals surface area contributed by atoms with Gasteiger partial charge in [0.05, 0.1) is 28.1 Å². The predicted octanol–water partition coefficient (Wildman–Crippen LogP) is 5.30. The zero-order valence-electron chi connectivity index (χ0n) is 22.1. The van der Waals surface area contributed by atoms with Crippen molar-refractivity contribution in [3.63, 3.8) is 0 Å². The Morgan fingerprint density at radius 1 is 1.07 bits per heavy atom. The summed E-state index contributed by atoms with van der Waals surface area (Å²) < 4.78 is 38.6. The fourth-order valence-corrected chi connectivity index (χ4v) is 8.19. The molecule has 0 bridgehead atoms. The lowest BCUT2D eigenvalue weighted by Crippen LogP contribution is -2.42. The molecule has 1 N–H and O–H groups in total. The number of amides is 1. The summed E-state index contributed by atoms with van der Waals surface area (Å²) in [6.07, 6.45) is 4.80. The molecule has 2 heterocycles. The van der Waals surface area contributed by atoms with Gasteiger partial charge in [0.2, 0.25) is 5.91 Å². The molecular weight excluding hydrogens is 547 g/mol. The molecule has 1 amide bonds. The fraction of sp³-hybridized carbons (Fsp3) is 0.433. The first-order valence-electron chi connectivity index (χ1n) is 13.8. The van der Waals surface area contributed by atoms with Crippen LogP contribution in [0.25, 0.3) is 21.0 Å². The fourth-order valence-electron chi connectivity index (χ4n) is 5.82. The van der Waals surface area contributed by atoms with E-state index in [0.717, 1.165) is 47.5 Å². The first-order valence-corrected chi connectivity index (χ1v) is 16.5. The molecular formula is C30H31FN4O3S2. The maximum Gasteiger partial charge on any atom is 0.225 e. The van der Waals surface area contributed by atoms with Crippen LogP contribution in [0.4, 0.5) is 10.1 Å². The van der Waals surface area contributed by atoms with Gasteiger partial charge in [0, 0.05) is 36.2 Å². The van der Waals surface area contributed by atoms with Gasteiger partial charge in [-0.05, 0) is 55.5 Å². The highest BCUT2D eigenvalue weighted by Gasteiger charge is 2.47. The Morgan fingerprint density at radius 3 is 2.45 bits per heavy atom. The lowest BCUT2D eigenvalue weighted by atomic mass is 9.76. The molecule has 0 radical (unpaired) electrons. The number of nitriles is 1. The van der Waals surface area contributed by atoms with Gasteiger partial charge in [-0.25, -0.2) is 17.8 Å². The molecule has 2 aliphatic carbocycles. The smallest absolute Gasteiger partial charge is 0.225 e. The quantitative estimate of drug-likeness (QED) is 0.426. The molecule has 0 spiro atoms. The lowest BCUT2D eigenvalue weighted by molar-refractivity contribution is -0.127. The number of hydrogen-bond donors (Lipinski definition) is 1. The highest BCUT2D eigenvalue weighted by atomic mass is 32.2. The molecule has 3 fully saturated rings. The Balaban J connectivity index is 1.36. The van der Waals surface area contributed by atoms with Crippen LogP contribution in [0.3, 0.4) is 0 Å². The van der Waals surface area contributed by atoms with Crippen LogP contribution in [0.2, 0.25) is 0 Å². The number of carbonyl (C=O) groups excluding carboxylic acids is 1. The molecule has 2 atom stereocenters. The predicted molar refractivity (Wildman–Crippen MR) is 154 cm³/mol. The monoisotopic (exact) mass is 578 g/mol. The van der Waals surface area contributed by atoms with Crippen molar-refractivity contribution in [3.8, 4) is 27.1 Å². The van der Waals surface area contributed by atoms with Crippen molar-refractivity contribution >= 4 is 32.8 Å². The van der Waals surface area contributed by atoms with Gasteiger partial charge in [0.15, 0.2) is 9.84 Å². The average molecular weight is 579 g/mol. The number of aromatic nitrogens is 1. The molecule has 10 heteroatoms. The molecule has 2 aromatic carbocycles. The van der Waals surface area contributed by atoms with E-state index in [4.69, 9.17) is 4.98 Å². The first-order chi connectivity index (χ1) is 19.3. The number of benzene rings is 2. The van der Waals surface area contributed by atoms with Crippen molar-refractivity contribution in [1.29, 1.82) is 5.26 Å². The third-order valence-corrected chi connectivity index (χ3v) is 11.1. The zero-order chi connectivity index (χ0) is 27.9. The van der Waals surface area contributed by atoms with Crippen LogP contribution in [0, 0.1) is 23.1 Å². The van der Waals surface area contributed by atoms with Crippen molar-refractivity contribution in [2.24, 2.45) is 5.92 Å². The Labute approximate surface area is 238 Å². The third kappa shape index (κ3) is 5.37. The summed E-state index contributed by atoms with van der Waals surface area (Å²) in [5.41, 5.74) is 2.40. The lowest BCUT2D eigenvalue weighted by Gasteiger charge is -2.31. The second-order valence-corrected chi connectivity index (χ2v) is 14.4. The number of nitrogens with zero attached hydrogens (tertiary/aromatic N) is 3. The van der Waals surface area contributed by atoms with Crippen molar-refractivity contribution in [1.82, 2.24) is 10.3 Å². The molecule has 40 heavy (non-hydrogen) atoms.